The first-order valence-corrected chi connectivity index (χ1v) is 9.64. The number of carbonyl (C=O) groups is 1. The predicted octanol–water partition coefficient (Wildman–Crippen LogP) is 3.78. The fourth-order valence-electron chi connectivity index (χ4n) is 3.87. The van der Waals surface area contributed by atoms with Gasteiger partial charge in [-0.25, -0.2) is 0 Å². The van der Waals surface area contributed by atoms with E-state index >= 15 is 0 Å². The highest BCUT2D eigenvalue weighted by atomic mass is 16.5. The van der Waals surface area contributed by atoms with Crippen LogP contribution in [0.5, 0.6) is 11.5 Å². The third-order valence-corrected chi connectivity index (χ3v) is 5.23. The molecule has 152 valence electrons. The lowest BCUT2D eigenvalue weighted by molar-refractivity contribution is 0.1000. The van der Waals surface area contributed by atoms with Crippen molar-refractivity contribution in [1.82, 2.24) is 9.55 Å². The number of carbonyl (C=O) groups excluding carboxylic acids is 1. The van der Waals surface area contributed by atoms with Gasteiger partial charge in [-0.1, -0.05) is 19.1 Å². The van der Waals surface area contributed by atoms with Crippen LogP contribution >= 0.6 is 0 Å². The van der Waals surface area contributed by atoms with E-state index in [1.54, 1.807) is 26.6 Å². The van der Waals surface area contributed by atoms with E-state index in [-0.39, 0.29) is 0 Å². The van der Waals surface area contributed by atoms with Crippen molar-refractivity contribution in [2.45, 2.75) is 33.2 Å². The van der Waals surface area contributed by atoms with E-state index in [9.17, 15) is 4.79 Å². The molecule has 29 heavy (non-hydrogen) atoms. The van der Waals surface area contributed by atoms with Crippen LogP contribution in [0.3, 0.4) is 0 Å². The standard InChI is InChI=1S/C23H27N3O3/c1-5-18-22(17-7-6-11-25-14-17)21(23(24)27)15(2)26(18)12-10-16-8-9-19(28-3)20(13-16)29-4/h6-9,11,13-14H,5,10,12H2,1-4H3,(H2,24,27). The molecule has 0 aliphatic carbocycles. The van der Waals surface area contributed by atoms with Gasteiger partial charge in [0.05, 0.1) is 19.8 Å². The van der Waals surface area contributed by atoms with Crippen LogP contribution in [0.2, 0.25) is 0 Å². The number of ether oxygens (including phenoxy) is 2. The first-order chi connectivity index (χ1) is 14.0. The van der Waals surface area contributed by atoms with Gasteiger partial charge in [0.15, 0.2) is 11.5 Å². The average molecular weight is 393 g/mol. The molecule has 6 nitrogen and oxygen atoms in total. The van der Waals surface area contributed by atoms with Gasteiger partial charge in [-0.15, -0.1) is 0 Å². The zero-order chi connectivity index (χ0) is 21.0. The van der Waals surface area contributed by atoms with Gasteiger partial charge < -0.3 is 19.8 Å². The quantitative estimate of drug-likeness (QED) is 0.632. The molecule has 2 aromatic heterocycles. The number of methoxy groups -OCH3 is 2. The minimum Gasteiger partial charge on any atom is -0.493 e. The summed E-state index contributed by atoms with van der Waals surface area (Å²) >= 11 is 0. The zero-order valence-electron chi connectivity index (χ0n) is 17.4. The Balaban J connectivity index is 2.01. The molecule has 0 radical (unpaired) electrons. The molecule has 1 amide bonds. The summed E-state index contributed by atoms with van der Waals surface area (Å²) in [7, 11) is 3.26. The molecule has 3 rings (SSSR count). The van der Waals surface area contributed by atoms with Crippen LogP contribution in [0.15, 0.2) is 42.7 Å². The molecule has 0 saturated heterocycles. The van der Waals surface area contributed by atoms with Gasteiger partial charge in [0.25, 0.3) is 5.91 Å². The van der Waals surface area contributed by atoms with Gasteiger partial charge in [-0.3, -0.25) is 9.78 Å². The van der Waals surface area contributed by atoms with Crippen LogP contribution in [0, 0.1) is 6.92 Å². The molecule has 0 unspecified atom stereocenters. The van der Waals surface area contributed by atoms with Crippen molar-refractivity contribution in [2.24, 2.45) is 5.73 Å². The van der Waals surface area contributed by atoms with Gasteiger partial charge in [0.1, 0.15) is 0 Å². The van der Waals surface area contributed by atoms with Crippen molar-refractivity contribution < 1.29 is 14.3 Å². The van der Waals surface area contributed by atoms with Crippen LogP contribution in [0.1, 0.15) is 34.2 Å². The first-order valence-electron chi connectivity index (χ1n) is 9.64. The van der Waals surface area contributed by atoms with E-state index in [1.165, 1.54) is 0 Å². The number of amides is 1. The number of aryl methyl sites for hydroxylation is 1. The summed E-state index contributed by atoms with van der Waals surface area (Å²) in [5.41, 5.74) is 11.2. The Hall–Kier alpha value is -3.28. The molecular formula is C23H27N3O3. The average Bonchev–Trinajstić information content (AvgIpc) is 3.04. The Labute approximate surface area is 171 Å². The summed E-state index contributed by atoms with van der Waals surface area (Å²) in [6.45, 7) is 4.77. The highest BCUT2D eigenvalue weighted by Gasteiger charge is 2.23. The maximum atomic E-state index is 12.3. The van der Waals surface area contributed by atoms with E-state index in [0.29, 0.717) is 17.1 Å². The maximum absolute atomic E-state index is 12.3. The number of pyridine rings is 1. The van der Waals surface area contributed by atoms with Gasteiger partial charge in [0.2, 0.25) is 0 Å². The molecule has 0 fully saturated rings. The highest BCUT2D eigenvalue weighted by molar-refractivity contribution is 6.02. The molecule has 0 atom stereocenters. The number of benzene rings is 1. The van der Waals surface area contributed by atoms with Gasteiger partial charge in [-0.05, 0) is 43.5 Å². The molecule has 0 aliphatic heterocycles. The number of hydrogen-bond acceptors (Lipinski definition) is 4. The molecular weight excluding hydrogens is 366 g/mol. The number of rotatable bonds is 8. The smallest absolute Gasteiger partial charge is 0.251 e. The lowest BCUT2D eigenvalue weighted by Gasteiger charge is -2.13. The first kappa shape index (κ1) is 20.5. The largest absolute Gasteiger partial charge is 0.493 e. The van der Waals surface area contributed by atoms with Crippen LogP contribution < -0.4 is 15.2 Å². The van der Waals surface area contributed by atoms with Gasteiger partial charge in [0, 0.05) is 41.5 Å². The Kier molecular flexibility index (Phi) is 6.22. The van der Waals surface area contributed by atoms with E-state index < -0.39 is 5.91 Å². The predicted molar refractivity (Wildman–Crippen MR) is 114 cm³/mol. The third kappa shape index (κ3) is 3.97. The topological polar surface area (TPSA) is 79.4 Å². The fourth-order valence-corrected chi connectivity index (χ4v) is 3.87. The third-order valence-electron chi connectivity index (χ3n) is 5.23. The molecule has 0 saturated carbocycles. The number of nitrogens with zero attached hydrogens (tertiary/aromatic N) is 2. The van der Waals surface area contributed by atoms with Crippen molar-refractivity contribution in [3.63, 3.8) is 0 Å². The molecule has 0 bridgehead atoms. The highest BCUT2D eigenvalue weighted by Crippen LogP contribution is 2.33. The lowest BCUT2D eigenvalue weighted by atomic mass is 10.0. The van der Waals surface area contributed by atoms with Crippen LogP contribution in [-0.4, -0.2) is 29.7 Å². The number of nitrogens with two attached hydrogens (primary N) is 1. The maximum Gasteiger partial charge on any atom is 0.251 e. The Bertz CT molecular complexity index is 1010. The van der Waals surface area contributed by atoms with Crippen molar-refractivity contribution in [1.29, 1.82) is 0 Å². The normalized spacial score (nSPS) is 10.8. The molecule has 0 spiro atoms. The summed E-state index contributed by atoms with van der Waals surface area (Å²) in [6.07, 6.45) is 5.07. The summed E-state index contributed by atoms with van der Waals surface area (Å²) in [6, 6.07) is 9.76. The molecule has 6 heteroatoms. The second-order valence-electron chi connectivity index (χ2n) is 6.83. The van der Waals surface area contributed by atoms with E-state index in [0.717, 1.165) is 47.5 Å². The van der Waals surface area contributed by atoms with E-state index in [4.69, 9.17) is 15.2 Å². The summed E-state index contributed by atoms with van der Waals surface area (Å²) in [5.74, 6) is 0.997. The second kappa shape index (κ2) is 8.82. The summed E-state index contributed by atoms with van der Waals surface area (Å²) < 4.78 is 12.9. The molecule has 2 N–H and O–H groups in total. The van der Waals surface area contributed by atoms with Gasteiger partial charge in [-0.2, -0.15) is 0 Å². The van der Waals surface area contributed by atoms with Crippen molar-refractivity contribution >= 4 is 5.91 Å². The lowest BCUT2D eigenvalue weighted by Crippen LogP contribution is -2.14. The van der Waals surface area contributed by atoms with Crippen LogP contribution in [0.4, 0.5) is 0 Å². The molecule has 2 heterocycles. The molecule has 1 aromatic carbocycles. The minimum absolute atomic E-state index is 0.416. The second-order valence-corrected chi connectivity index (χ2v) is 6.83. The Morgan fingerprint density at radius 3 is 2.52 bits per heavy atom. The van der Waals surface area contributed by atoms with Gasteiger partial charge >= 0.3 is 0 Å². The Morgan fingerprint density at radius 2 is 1.93 bits per heavy atom. The molecule has 3 aromatic rings. The fraction of sp³-hybridized carbons (Fsp3) is 0.304. The SMILES string of the molecule is CCc1c(-c2cccnc2)c(C(N)=O)c(C)n1CCc1ccc(OC)c(OC)c1. The van der Waals surface area contributed by atoms with Crippen molar-refractivity contribution in [3.8, 4) is 22.6 Å². The monoisotopic (exact) mass is 393 g/mol. The molecule has 0 aliphatic rings. The Morgan fingerprint density at radius 1 is 1.17 bits per heavy atom. The van der Waals surface area contributed by atoms with E-state index in [1.807, 2.05) is 37.3 Å². The number of hydrogen-bond donors (Lipinski definition) is 1. The number of primary amides is 1. The number of aromatic nitrogens is 2. The summed E-state index contributed by atoms with van der Waals surface area (Å²) in [4.78, 5) is 16.5. The summed E-state index contributed by atoms with van der Waals surface area (Å²) in [5, 5.41) is 0. The van der Waals surface area contributed by atoms with Crippen LogP contribution in [-0.2, 0) is 19.4 Å². The minimum atomic E-state index is -0.416. The zero-order valence-corrected chi connectivity index (χ0v) is 17.4. The van der Waals surface area contributed by atoms with Crippen molar-refractivity contribution in [3.05, 3.63) is 65.2 Å². The van der Waals surface area contributed by atoms with Crippen molar-refractivity contribution in [2.75, 3.05) is 14.2 Å². The van der Waals surface area contributed by atoms with E-state index in [2.05, 4.69) is 16.5 Å². The van der Waals surface area contributed by atoms with Crippen LogP contribution in [0.25, 0.3) is 11.1 Å².